The van der Waals surface area contributed by atoms with E-state index in [-0.39, 0.29) is 10.6 Å². The van der Waals surface area contributed by atoms with Gasteiger partial charge in [-0.2, -0.15) is 5.10 Å². The van der Waals surface area contributed by atoms with Crippen LogP contribution in [-0.2, 0) is 21.9 Å². The molecule has 0 amide bonds. The highest BCUT2D eigenvalue weighted by atomic mass is 32.2. The van der Waals surface area contributed by atoms with Crippen molar-refractivity contribution in [3.63, 3.8) is 0 Å². The van der Waals surface area contributed by atoms with Crippen molar-refractivity contribution in [1.29, 1.82) is 0 Å². The van der Waals surface area contributed by atoms with Crippen LogP contribution in [0.5, 0.6) is 5.75 Å². The number of benzene rings is 1. The molecule has 0 saturated carbocycles. The number of carboxylic acids is 1. The molecule has 1 aromatic carbocycles. The molecule has 9 heteroatoms. The van der Waals surface area contributed by atoms with Crippen LogP contribution in [0.15, 0.2) is 41.6 Å². The number of hydrogen-bond acceptors (Lipinski definition) is 5. The standard InChI is InChI=1S/C12H13N3O5S/c1-15-7-9(6-13-15)14-21(18,19)11-4-2-10(3-5-11)20-8-12(16)17/h2-7,14H,8H2,1H3,(H,16,17). The zero-order chi connectivity index (χ0) is 15.5. The van der Waals surface area contributed by atoms with Crippen molar-refractivity contribution < 1.29 is 23.1 Å². The summed E-state index contributed by atoms with van der Waals surface area (Å²) in [7, 11) is -2.05. The molecule has 0 aliphatic carbocycles. The van der Waals surface area contributed by atoms with E-state index in [1.54, 1.807) is 7.05 Å². The predicted molar refractivity (Wildman–Crippen MR) is 73.6 cm³/mol. The van der Waals surface area contributed by atoms with Gasteiger partial charge in [0.2, 0.25) is 0 Å². The number of aromatic nitrogens is 2. The molecule has 21 heavy (non-hydrogen) atoms. The molecule has 0 spiro atoms. The number of aryl methyl sites for hydroxylation is 1. The highest BCUT2D eigenvalue weighted by Gasteiger charge is 2.15. The van der Waals surface area contributed by atoms with E-state index in [1.807, 2.05) is 0 Å². The summed E-state index contributed by atoms with van der Waals surface area (Å²) in [6.45, 7) is -0.486. The van der Waals surface area contributed by atoms with Crippen LogP contribution in [-0.4, -0.2) is 35.9 Å². The molecule has 0 atom stereocenters. The smallest absolute Gasteiger partial charge is 0.341 e. The fraction of sp³-hybridized carbons (Fsp3) is 0.167. The van der Waals surface area contributed by atoms with Crippen molar-refractivity contribution in [2.75, 3.05) is 11.3 Å². The van der Waals surface area contributed by atoms with E-state index in [2.05, 4.69) is 9.82 Å². The van der Waals surface area contributed by atoms with Gasteiger partial charge in [0.1, 0.15) is 5.75 Å². The number of sulfonamides is 1. The lowest BCUT2D eigenvalue weighted by Gasteiger charge is -2.07. The maximum Gasteiger partial charge on any atom is 0.341 e. The molecule has 112 valence electrons. The molecule has 2 aromatic rings. The summed E-state index contributed by atoms with van der Waals surface area (Å²) >= 11 is 0. The quantitative estimate of drug-likeness (QED) is 0.812. The minimum atomic E-state index is -3.72. The molecule has 0 fully saturated rings. The van der Waals surface area contributed by atoms with Gasteiger partial charge in [0.15, 0.2) is 6.61 Å². The summed E-state index contributed by atoms with van der Waals surface area (Å²) in [6.07, 6.45) is 2.92. The summed E-state index contributed by atoms with van der Waals surface area (Å²) in [4.78, 5) is 10.4. The van der Waals surface area contributed by atoms with Gasteiger partial charge in [-0.3, -0.25) is 9.40 Å². The van der Waals surface area contributed by atoms with E-state index >= 15 is 0 Å². The Morgan fingerprint density at radius 1 is 1.38 bits per heavy atom. The van der Waals surface area contributed by atoms with Crippen LogP contribution in [0.3, 0.4) is 0 Å². The van der Waals surface area contributed by atoms with Crippen LogP contribution in [0.2, 0.25) is 0 Å². The minimum absolute atomic E-state index is 0.0361. The van der Waals surface area contributed by atoms with Gasteiger partial charge in [0.25, 0.3) is 10.0 Å². The first-order chi connectivity index (χ1) is 9.87. The van der Waals surface area contributed by atoms with Gasteiger partial charge in [-0.05, 0) is 24.3 Å². The molecule has 0 radical (unpaired) electrons. The largest absolute Gasteiger partial charge is 0.482 e. The molecule has 0 aliphatic heterocycles. The van der Waals surface area contributed by atoms with Gasteiger partial charge in [-0.1, -0.05) is 0 Å². The summed E-state index contributed by atoms with van der Waals surface area (Å²) in [5, 5.41) is 12.3. The maximum atomic E-state index is 12.1. The summed E-state index contributed by atoms with van der Waals surface area (Å²) in [6, 6.07) is 5.44. The number of anilines is 1. The normalized spacial score (nSPS) is 11.1. The first-order valence-electron chi connectivity index (χ1n) is 5.83. The SMILES string of the molecule is Cn1cc(NS(=O)(=O)c2ccc(OCC(=O)O)cc2)cn1. The van der Waals surface area contributed by atoms with Crippen molar-refractivity contribution >= 4 is 21.7 Å². The highest BCUT2D eigenvalue weighted by molar-refractivity contribution is 7.92. The van der Waals surface area contributed by atoms with Crippen LogP contribution in [0.25, 0.3) is 0 Å². The number of carbonyl (C=O) groups is 1. The first kappa shape index (κ1) is 14.9. The monoisotopic (exact) mass is 311 g/mol. The zero-order valence-electron chi connectivity index (χ0n) is 11.1. The van der Waals surface area contributed by atoms with Gasteiger partial charge in [0.05, 0.1) is 16.8 Å². The Balaban J connectivity index is 2.11. The third-order valence-electron chi connectivity index (χ3n) is 2.45. The Kier molecular flexibility index (Phi) is 4.13. The van der Waals surface area contributed by atoms with Crippen molar-refractivity contribution in [3.8, 4) is 5.75 Å². The molecule has 1 aromatic heterocycles. The van der Waals surface area contributed by atoms with E-state index in [9.17, 15) is 13.2 Å². The van der Waals surface area contributed by atoms with E-state index in [0.29, 0.717) is 5.69 Å². The second kappa shape index (κ2) is 5.83. The molecular formula is C12H13N3O5S. The van der Waals surface area contributed by atoms with Crippen molar-refractivity contribution in [3.05, 3.63) is 36.7 Å². The van der Waals surface area contributed by atoms with Crippen LogP contribution in [0, 0.1) is 0 Å². The number of aliphatic carboxylic acids is 1. The number of ether oxygens (including phenoxy) is 1. The molecule has 0 bridgehead atoms. The van der Waals surface area contributed by atoms with Crippen molar-refractivity contribution in [2.24, 2.45) is 7.05 Å². The fourth-order valence-corrected chi connectivity index (χ4v) is 2.58. The number of hydrogen-bond donors (Lipinski definition) is 2. The van der Waals surface area contributed by atoms with Crippen LogP contribution >= 0.6 is 0 Å². The van der Waals surface area contributed by atoms with E-state index in [0.717, 1.165) is 0 Å². The van der Waals surface area contributed by atoms with Gasteiger partial charge < -0.3 is 9.84 Å². The van der Waals surface area contributed by atoms with Gasteiger partial charge in [0, 0.05) is 13.2 Å². The van der Waals surface area contributed by atoms with Gasteiger partial charge >= 0.3 is 5.97 Å². The molecule has 8 nitrogen and oxygen atoms in total. The molecule has 2 rings (SSSR count). The Bertz CT molecular complexity index is 737. The van der Waals surface area contributed by atoms with E-state index in [4.69, 9.17) is 9.84 Å². The van der Waals surface area contributed by atoms with Crippen LogP contribution < -0.4 is 9.46 Å². The minimum Gasteiger partial charge on any atom is -0.482 e. The third kappa shape index (κ3) is 3.96. The van der Waals surface area contributed by atoms with E-state index < -0.39 is 22.6 Å². The second-order valence-electron chi connectivity index (χ2n) is 4.16. The summed E-state index contributed by atoms with van der Waals surface area (Å²) in [5.41, 5.74) is 0.351. The average Bonchev–Trinajstić information content (AvgIpc) is 2.81. The molecule has 0 aliphatic rings. The topological polar surface area (TPSA) is 111 Å². The molecular weight excluding hydrogens is 298 g/mol. The zero-order valence-corrected chi connectivity index (χ0v) is 11.9. The first-order valence-corrected chi connectivity index (χ1v) is 7.31. The van der Waals surface area contributed by atoms with Crippen molar-refractivity contribution in [2.45, 2.75) is 4.90 Å². The molecule has 0 unspecified atom stereocenters. The Labute approximate surface area is 121 Å². The fourth-order valence-electron chi connectivity index (χ4n) is 1.55. The van der Waals surface area contributed by atoms with Crippen LogP contribution in [0.4, 0.5) is 5.69 Å². The number of nitrogens with zero attached hydrogens (tertiary/aromatic N) is 2. The average molecular weight is 311 g/mol. The number of nitrogens with one attached hydrogen (secondary N) is 1. The molecule has 2 N–H and O–H groups in total. The Morgan fingerprint density at radius 2 is 2.05 bits per heavy atom. The summed E-state index contributed by atoms with van der Waals surface area (Å²) in [5.74, 6) is -0.831. The lowest BCUT2D eigenvalue weighted by molar-refractivity contribution is -0.139. The Morgan fingerprint density at radius 3 is 2.57 bits per heavy atom. The van der Waals surface area contributed by atoms with Gasteiger partial charge in [-0.15, -0.1) is 0 Å². The third-order valence-corrected chi connectivity index (χ3v) is 3.85. The molecule has 1 heterocycles. The second-order valence-corrected chi connectivity index (χ2v) is 5.84. The van der Waals surface area contributed by atoms with Gasteiger partial charge in [-0.25, -0.2) is 13.2 Å². The predicted octanol–water partition coefficient (Wildman–Crippen LogP) is 0.684. The highest BCUT2D eigenvalue weighted by Crippen LogP contribution is 2.18. The maximum absolute atomic E-state index is 12.1. The number of carboxylic acid groups (broad SMARTS) is 1. The number of rotatable bonds is 6. The van der Waals surface area contributed by atoms with Crippen molar-refractivity contribution in [1.82, 2.24) is 9.78 Å². The summed E-state index contributed by atoms with van der Waals surface area (Å²) < 4.78 is 33.0. The lowest BCUT2D eigenvalue weighted by Crippen LogP contribution is -2.13. The lowest BCUT2D eigenvalue weighted by atomic mass is 10.3. The van der Waals surface area contributed by atoms with E-state index in [1.165, 1.54) is 41.3 Å². The van der Waals surface area contributed by atoms with Crippen LogP contribution in [0.1, 0.15) is 0 Å². The Hall–Kier alpha value is -2.55. The molecule has 0 saturated heterocycles.